The van der Waals surface area contributed by atoms with Crippen LogP contribution in [-0.2, 0) is 34.5 Å². The Morgan fingerprint density at radius 1 is 0.908 bits per heavy atom. The predicted octanol–water partition coefficient (Wildman–Crippen LogP) is 5.50. The molecular weight excluding hydrogens is 875 g/mol. The summed E-state index contributed by atoms with van der Waals surface area (Å²) in [6, 6.07) is 18.3. The molecule has 5 heterocycles. The van der Waals surface area contributed by atoms with Gasteiger partial charge >= 0.3 is 7.60 Å². The van der Waals surface area contributed by atoms with Crippen LogP contribution in [0.2, 0.25) is 5.02 Å². The number of halogens is 1. The lowest BCUT2D eigenvalue weighted by atomic mass is 10.0. The number of rotatable bonds is 16. The number of anilines is 6. The first-order valence-corrected chi connectivity index (χ1v) is 23.7. The van der Waals surface area contributed by atoms with Crippen molar-refractivity contribution in [3.63, 3.8) is 0 Å². The number of benzene rings is 3. The number of fused-ring (bicyclic) bond motifs is 1. The van der Waals surface area contributed by atoms with Crippen LogP contribution in [0.25, 0.3) is 0 Å². The first-order valence-electron chi connectivity index (χ1n) is 21.8. The van der Waals surface area contributed by atoms with Gasteiger partial charge in [-0.1, -0.05) is 23.7 Å². The third-order valence-corrected chi connectivity index (χ3v) is 14.8. The molecular formula is C45H54ClN10O8P. The summed E-state index contributed by atoms with van der Waals surface area (Å²) in [4.78, 5) is 67.5. The van der Waals surface area contributed by atoms with E-state index in [4.69, 9.17) is 25.4 Å². The van der Waals surface area contributed by atoms with Crippen LogP contribution in [0.15, 0.2) is 66.9 Å². The highest BCUT2D eigenvalue weighted by molar-refractivity contribution is 7.62. The van der Waals surface area contributed by atoms with Gasteiger partial charge in [0, 0.05) is 108 Å². The van der Waals surface area contributed by atoms with Crippen LogP contribution in [0.4, 0.5) is 34.5 Å². The van der Waals surface area contributed by atoms with Crippen molar-refractivity contribution in [1.29, 1.82) is 0 Å². The number of carbonyl (C=O) groups is 4. The molecule has 4 aliphatic rings. The molecule has 65 heavy (non-hydrogen) atoms. The number of carbonyl (C=O) groups excluding carboxylic acids is 4. The Kier molecular flexibility index (Phi) is 14.2. The minimum absolute atomic E-state index is 0.163. The van der Waals surface area contributed by atoms with Crippen LogP contribution in [0, 0.1) is 0 Å². The van der Waals surface area contributed by atoms with Gasteiger partial charge in [0.25, 0.3) is 5.91 Å². The Morgan fingerprint density at radius 3 is 2.42 bits per heavy atom. The minimum Gasteiger partial charge on any atom is -0.494 e. The van der Waals surface area contributed by atoms with Crippen molar-refractivity contribution in [3.8, 4) is 5.75 Å². The summed E-state index contributed by atoms with van der Waals surface area (Å²) in [5.41, 5.74) is 4.46. The van der Waals surface area contributed by atoms with Crippen LogP contribution in [-0.4, -0.2) is 128 Å². The van der Waals surface area contributed by atoms with E-state index in [2.05, 4.69) is 47.1 Å². The number of hydrogen-bond donors (Lipinski definition) is 4. The largest absolute Gasteiger partial charge is 0.494 e. The maximum absolute atomic E-state index is 13.2. The summed E-state index contributed by atoms with van der Waals surface area (Å²) in [6.07, 6.45) is 5.17. The number of methoxy groups -OCH3 is 1. The predicted molar refractivity (Wildman–Crippen MR) is 248 cm³/mol. The number of piperidine rings is 2. The topological polar surface area (TPSA) is 200 Å². The third kappa shape index (κ3) is 10.2. The second-order valence-corrected chi connectivity index (χ2v) is 19.0. The Hall–Kier alpha value is -5.78. The molecule has 0 aliphatic carbocycles. The minimum atomic E-state index is -3.57. The Balaban J connectivity index is 0.770. The van der Waals surface area contributed by atoms with E-state index in [0.717, 1.165) is 56.0 Å². The van der Waals surface area contributed by atoms with Gasteiger partial charge < -0.3 is 44.4 Å². The van der Waals surface area contributed by atoms with E-state index in [1.807, 2.05) is 29.2 Å². The number of amides is 4. The average Bonchev–Trinajstić information content (AvgIpc) is 3.65. The molecule has 4 aliphatic heterocycles. The van der Waals surface area contributed by atoms with Crippen molar-refractivity contribution in [2.75, 3.05) is 88.0 Å². The zero-order valence-electron chi connectivity index (χ0n) is 36.7. The van der Waals surface area contributed by atoms with Crippen molar-refractivity contribution in [3.05, 3.63) is 83.0 Å². The van der Waals surface area contributed by atoms with Crippen molar-refractivity contribution >= 4 is 82.6 Å². The molecule has 3 aromatic carbocycles. The number of nitrogens with one attached hydrogen (secondary N) is 4. The molecule has 1 unspecified atom stereocenters. The summed E-state index contributed by atoms with van der Waals surface area (Å²) in [5, 5.41) is 12.7. The molecule has 1 aromatic heterocycles. The Morgan fingerprint density at radius 2 is 1.68 bits per heavy atom. The van der Waals surface area contributed by atoms with E-state index >= 15 is 0 Å². The van der Waals surface area contributed by atoms with Gasteiger partial charge in [0.05, 0.1) is 30.0 Å². The van der Waals surface area contributed by atoms with Gasteiger partial charge in [-0.25, -0.2) is 4.98 Å². The standard InChI is InChI=1S/C45H54ClN10O8P/c1-62-38-26-32(11-13-35(38)50-45-48-27-34(46)42(52-45)49-36-7-4-5-8-39(36)65(61,63-2)64-3)53-19-16-31(17-20-53)54-21-23-55(24-22-54)41(58)9-6-18-47-30-10-12-33-29(25-30)28-56(44(33)60)37-14-15-40(57)51-43(37)59/h4-5,7-8,10-13,25-27,31,37,47H,6,9,14-24,28H2,1-3H3,(H,51,57,59)(H2,48,49,50,52). The molecule has 0 radical (unpaired) electrons. The van der Waals surface area contributed by atoms with E-state index in [1.165, 1.54) is 20.4 Å². The van der Waals surface area contributed by atoms with Gasteiger partial charge in [-0.15, -0.1) is 0 Å². The molecule has 8 rings (SSSR count). The van der Waals surface area contributed by atoms with Gasteiger partial charge in [0.2, 0.25) is 23.7 Å². The number of hydrogen-bond acceptors (Lipinski definition) is 15. The molecule has 4 amide bonds. The van der Waals surface area contributed by atoms with Crippen LogP contribution >= 0.6 is 19.2 Å². The lowest BCUT2D eigenvalue weighted by molar-refractivity contribution is -0.137. The number of nitrogens with zero attached hydrogens (tertiary/aromatic N) is 6. The molecule has 4 aromatic rings. The fourth-order valence-corrected chi connectivity index (χ4v) is 10.3. The Labute approximate surface area is 382 Å². The molecule has 1 atom stereocenters. The van der Waals surface area contributed by atoms with E-state index in [1.54, 1.807) is 42.3 Å². The molecule has 20 heteroatoms. The SMILES string of the molecule is COc1cc(N2CCC(N3CCN(C(=O)CCCNc4ccc5c(c4)CN(C4CCC(=O)NC4=O)C5=O)CC3)CC2)ccc1Nc1ncc(Cl)c(Nc2ccccc2P(=O)(OC)OC)n1. The number of imide groups is 1. The molecule has 18 nitrogen and oxygen atoms in total. The maximum Gasteiger partial charge on any atom is 0.362 e. The number of ether oxygens (including phenoxy) is 1. The van der Waals surface area contributed by atoms with Gasteiger partial charge in [0.15, 0.2) is 5.82 Å². The summed E-state index contributed by atoms with van der Waals surface area (Å²) < 4.78 is 29.4. The van der Waals surface area contributed by atoms with Gasteiger partial charge in [-0.05, 0) is 73.7 Å². The fraction of sp³-hybridized carbons (Fsp3) is 0.422. The molecule has 3 fully saturated rings. The van der Waals surface area contributed by atoms with Gasteiger partial charge in [-0.3, -0.25) is 34.0 Å². The quantitative estimate of drug-likeness (QED) is 0.0623. The zero-order chi connectivity index (χ0) is 45.7. The van der Waals surface area contributed by atoms with E-state index < -0.39 is 19.5 Å². The number of piperazine rings is 1. The van der Waals surface area contributed by atoms with Crippen LogP contribution in [0.5, 0.6) is 5.75 Å². The van der Waals surface area contributed by atoms with Crippen molar-refractivity contribution < 1.29 is 37.5 Å². The van der Waals surface area contributed by atoms with E-state index in [9.17, 15) is 23.7 Å². The van der Waals surface area contributed by atoms with Crippen LogP contribution in [0.3, 0.4) is 0 Å². The first-order chi connectivity index (χ1) is 31.5. The van der Waals surface area contributed by atoms with E-state index in [0.29, 0.717) is 85.3 Å². The number of para-hydroxylation sites is 1. The summed E-state index contributed by atoms with van der Waals surface area (Å²) >= 11 is 6.48. The van der Waals surface area contributed by atoms with Crippen LogP contribution < -0.4 is 36.2 Å². The Bertz CT molecular complexity index is 2470. The van der Waals surface area contributed by atoms with Crippen molar-refractivity contribution in [1.82, 2.24) is 30.0 Å². The van der Waals surface area contributed by atoms with Gasteiger partial charge in [0.1, 0.15) is 16.8 Å². The van der Waals surface area contributed by atoms with Gasteiger partial charge in [-0.2, -0.15) is 4.98 Å². The third-order valence-electron chi connectivity index (χ3n) is 12.5. The second kappa shape index (κ2) is 20.2. The molecule has 3 saturated heterocycles. The van der Waals surface area contributed by atoms with E-state index in [-0.39, 0.29) is 35.1 Å². The molecule has 344 valence electrons. The molecule has 0 spiro atoms. The summed E-state index contributed by atoms with van der Waals surface area (Å²) in [6.45, 7) is 5.85. The smallest absolute Gasteiger partial charge is 0.362 e. The van der Waals surface area contributed by atoms with Crippen LogP contribution in [0.1, 0.15) is 54.4 Å². The highest BCUT2D eigenvalue weighted by Crippen LogP contribution is 2.47. The second-order valence-electron chi connectivity index (χ2n) is 16.3. The van der Waals surface area contributed by atoms with Crippen molar-refractivity contribution in [2.45, 2.75) is 57.2 Å². The van der Waals surface area contributed by atoms with Crippen molar-refractivity contribution in [2.24, 2.45) is 0 Å². The number of aromatic nitrogens is 2. The highest BCUT2D eigenvalue weighted by atomic mass is 35.5. The summed E-state index contributed by atoms with van der Waals surface area (Å²) in [5.74, 6) is 0.434. The normalized spacial score (nSPS) is 18.4. The zero-order valence-corrected chi connectivity index (χ0v) is 38.3. The fourth-order valence-electron chi connectivity index (χ4n) is 8.97. The molecule has 4 N–H and O–H groups in total. The first kappa shape index (κ1) is 45.8. The molecule has 0 bridgehead atoms. The maximum atomic E-state index is 13.2. The average molecular weight is 929 g/mol. The lowest BCUT2D eigenvalue weighted by Gasteiger charge is -2.43. The highest BCUT2D eigenvalue weighted by Gasteiger charge is 2.39. The molecule has 0 saturated carbocycles. The summed E-state index contributed by atoms with van der Waals surface area (Å²) in [7, 11) is 0.706. The monoisotopic (exact) mass is 928 g/mol. The lowest BCUT2D eigenvalue weighted by Crippen LogP contribution is -2.54.